The molecular weight excluding hydrogens is 277 g/mol. The van der Waals surface area contributed by atoms with Gasteiger partial charge in [0.25, 0.3) is 0 Å². The Bertz CT molecular complexity index is 619. The minimum absolute atomic E-state index is 0.00447. The van der Waals surface area contributed by atoms with Crippen LogP contribution in [0.1, 0.15) is 0 Å². The van der Waals surface area contributed by atoms with Gasteiger partial charge < -0.3 is 10.2 Å². The third-order valence-corrected chi connectivity index (χ3v) is 3.96. The second kappa shape index (κ2) is 5.56. The molecule has 1 fully saturated rings. The minimum atomic E-state index is -4.17. The smallest absolute Gasteiger partial charge is 0.369 e. The molecule has 0 aliphatic carbocycles. The molecule has 0 saturated carbocycles. The van der Waals surface area contributed by atoms with Crippen molar-refractivity contribution in [2.45, 2.75) is 6.18 Å². The average Bonchev–Trinajstić information content (AvgIpc) is 2.72. The van der Waals surface area contributed by atoms with Crippen LogP contribution in [0.25, 0.3) is 10.8 Å². The van der Waals surface area contributed by atoms with Crippen molar-refractivity contribution in [1.82, 2.24) is 5.32 Å². The number of alkyl halides is 3. The molecule has 0 amide bonds. The van der Waals surface area contributed by atoms with E-state index in [1.54, 1.807) is 0 Å². The second-order valence-electron chi connectivity index (χ2n) is 5.39. The van der Waals surface area contributed by atoms with Crippen LogP contribution in [-0.2, 0) is 0 Å². The summed E-state index contributed by atoms with van der Waals surface area (Å²) in [5, 5.41) is 4.94. The Balaban J connectivity index is 1.97. The fourth-order valence-electron chi connectivity index (χ4n) is 2.83. The first kappa shape index (κ1) is 14.2. The van der Waals surface area contributed by atoms with Crippen LogP contribution in [0, 0.1) is 5.92 Å². The molecule has 0 bridgehead atoms. The summed E-state index contributed by atoms with van der Waals surface area (Å²) in [6, 6.07) is 13.6. The maximum atomic E-state index is 13.1. The Hall–Kier alpha value is -1.75. The van der Waals surface area contributed by atoms with Gasteiger partial charge in [0.2, 0.25) is 0 Å². The van der Waals surface area contributed by atoms with Gasteiger partial charge >= 0.3 is 6.18 Å². The summed E-state index contributed by atoms with van der Waals surface area (Å²) in [6.07, 6.45) is -4.17. The Labute approximate surface area is 121 Å². The number of nitrogens with zero attached hydrogens (tertiary/aromatic N) is 1. The third kappa shape index (κ3) is 2.97. The number of halogens is 3. The van der Waals surface area contributed by atoms with Gasteiger partial charge in [0.15, 0.2) is 0 Å². The van der Waals surface area contributed by atoms with E-state index in [0.29, 0.717) is 13.1 Å². The average molecular weight is 294 g/mol. The Morgan fingerprint density at radius 3 is 2.62 bits per heavy atom. The molecule has 0 radical (unpaired) electrons. The van der Waals surface area contributed by atoms with E-state index >= 15 is 0 Å². The maximum Gasteiger partial charge on any atom is 0.394 e. The topological polar surface area (TPSA) is 15.3 Å². The number of hydrogen-bond donors (Lipinski definition) is 1. The molecule has 1 heterocycles. The van der Waals surface area contributed by atoms with Crippen molar-refractivity contribution < 1.29 is 13.2 Å². The molecule has 1 aliphatic heterocycles. The standard InChI is InChI=1S/C16H17F3N2/c17-16(18,19)13-10-20-8-9-21(11-13)15-7-3-5-12-4-1-2-6-14(12)15/h1-7,13,20H,8-11H2. The normalized spacial score (nSPS) is 20.5. The lowest BCUT2D eigenvalue weighted by molar-refractivity contribution is -0.169. The van der Waals surface area contributed by atoms with E-state index in [-0.39, 0.29) is 13.1 Å². The van der Waals surface area contributed by atoms with Crippen LogP contribution >= 0.6 is 0 Å². The van der Waals surface area contributed by atoms with E-state index < -0.39 is 12.1 Å². The van der Waals surface area contributed by atoms with Crippen LogP contribution in [-0.4, -0.2) is 32.4 Å². The van der Waals surface area contributed by atoms with Crippen LogP contribution in [0.15, 0.2) is 42.5 Å². The zero-order valence-electron chi connectivity index (χ0n) is 11.5. The maximum absolute atomic E-state index is 13.1. The molecule has 112 valence electrons. The zero-order chi connectivity index (χ0) is 14.9. The summed E-state index contributed by atoms with van der Waals surface area (Å²) in [5.74, 6) is -1.33. The van der Waals surface area contributed by atoms with Crippen LogP contribution in [0.2, 0.25) is 0 Å². The van der Waals surface area contributed by atoms with E-state index in [4.69, 9.17) is 0 Å². The lowest BCUT2D eigenvalue weighted by atomic mass is 10.1. The summed E-state index contributed by atoms with van der Waals surface area (Å²) in [5.41, 5.74) is 0.881. The summed E-state index contributed by atoms with van der Waals surface area (Å²) in [6.45, 7) is 1.14. The van der Waals surface area contributed by atoms with E-state index in [1.807, 2.05) is 47.4 Å². The summed E-state index contributed by atoms with van der Waals surface area (Å²) in [7, 11) is 0. The molecule has 21 heavy (non-hydrogen) atoms. The van der Waals surface area contributed by atoms with Gasteiger partial charge in [-0.3, -0.25) is 0 Å². The van der Waals surface area contributed by atoms with Crippen molar-refractivity contribution >= 4 is 16.5 Å². The number of rotatable bonds is 1. The molecule has 1 N–H and O–H groups in total. The molecule has 2 aromatic rings. The zero-order valence-corrected chi connectivity index (χ0v) is 11.5. The Kier molecular flexibility index (Phi) is 3.76. The lowest BCUT2D eigenvalue weighted by Crippen LogP contribution is -2.38. The fraction of sp³-hybridized carbons (Fsp3) is 0.375. The largest absolute Gasteiger partial charge is 0.394 e. The summed E-state index contributed by atoms with van der Waals surface area (Å²) >= 11 is 0. The van der Waals surface area contributed by atoms with Crippen LogP contribution in [0.4, 0.5) is 18.9 Å². The van der Waals surface area contributed by atoms with Crippen LogP contribution < -0.4 is 10.2 Å². The van der Waals surface area contributed by atoms with Gasteiger partial charge in [-0.25, -0.2) is 0 Å². The molecular formula is C16H17F3N2. The quantitative estimate of drug-likeness (QED) is 0.867. The van der Waals surface area contributed by atoms with Gasteiger partial charge in [-0.1, -0.05) is 36.4 Å². The van der Waals surface area contributed by atoms with Crippen molar-refractivity contribution in [3.05, 3.63) is 42.5 Å². The van der Waals surface area contributed by atoms with E-state index in [2.05, 4.69) is 5.32 Å². The number of hydrogen-bond acceptors (Lipinski definition) is 2. The van der Waals surface area contributed by atoms with Gasteiger partial charge in [0.1, 0.15) is 0 Å². The minimum Gasteiger partial charge on any atom is -0.369 e. The molecule has 2 aromatic carbocycles. The number of fused-ring (bicyclic) bond motifs is 1. The van der Waals surface area contributed by atoms with E-state index in [1.165, 1.54) is 0 Å². The Morgan fingerprint density at radius 1 is 1.05 bits per heavy atom. The Morgan fingerprint density at radius 2 is 1.81 bits per heavy atom. The molecule has 2 nitrogen and oxygen atoms in total. The molecule has 3 rings (SSSR count). The highest BCUT2D eigenvalue weighted by atomic mass is 19.4. The first-order valence-corrected chi connectivity index (χ1v) is 7.06. The second-order valence-corrected chi connectivity index (χ2v) is 5.39. The summed E-state index contributed by atoms with van der Waals surface area (Å²) in [4.78, 5) is 1.85. The van der Waals surface area contributed by atoms with Crippen LogP contribution in [0.3, 0.4) is 0 Å². The predicted octanol–water partition coefficient (Wildman–Crippen LogP) is 3.43. The predicted molar refractivity (Wildman–Crippen MR) is 78.6 cm³/mol. The van der Waals surface area contributed by atoms with Crippen molar-refractivity contribution in [1.29, 1.82) is 0 Å². The van der Waals surface area contributed by atoms with Gasteiger partial charge in [-0.2, -0.15) is 13.2 Å². The SMILES string of the molecule is FC(F)(F)C1CNCCN(c2cccc3ccccc23)C1. The third-order valence-electron chi connectivity index (χ3n) is 3.96. The molecule has 5 heteroatoms. The molecule has 0 aromatic heterocycles. The first-order chi connectivity index (χ1) is 10.1. The van der Waals surface area contributed by atoms with Gasteiger partial charge in [0, 0.05) is 37.3 Å². The van der Waals surface area contributed by atoms with Gasteiger partial charge in [-0.05, 0) is 11.5 Å². The number of benzene rings is 2. The molecule has 0 spiro atoms. The van der Waals surface area contributed by atoms with Crippen molar-refractivity contribution in [3.8, 4) is 0 Å². The highest BCUT2D eigenvalue weighted by Crippen LogP contribution is 2.32. The van der Waals surface area contributed by atoms with Crippen molar-refractivity contribution in [3.63, 3.8) is 0 Å². The molecule has 1 atom stereocenters. The van der Waals surface area contributed by atoms with E-state index in [0.717, 1.165) is 16.5 Å². The first-order valence-electron chi connectivity index (χ1n) is 7.06. The summed E-state index contributed by atoms with van der Waals surface area (Å²) < 4.78 is 39.2. The van der Waals surface area contributed by atoms with Gasteiger partial charge in [-0.15, -0.1) is 0 Å². The lowest BCUT2D eigenvalue weighted by Gasteiger charge is -2.28. The number of nitrogens with one attached hydrogen (secondary N) is 1. The highest BCUT2D eigenvalue weighted by Gasteiger charge is 2.41. The van der Waals surface area contributed by atoms with Crippen molar-refractivity contribution in [2.24, 2.45) is 5.92 Å². The van der Waals surface area contributed by atoms with Crippen molar-refractivity contribution in [2.75, 3.05) is 31.1 Å². The number of anilines is 1. The molecule has 1 aliphatic rings. The van der Waals surface area contributed by atoms with E-state index in [9.17, 15) is 13.2 Å². The molecule has 1 unspecified atom stereocenters. The highest BCUT2D eigenvalue weighted by molar-refractivity contribution is 5.94. The van der Waals surface area contributed by atoms with Gasteiger partial charge in [0.05, 0.1) is 5.92 Å². The molecule has 1 saturated heterocycles. The monoisotopic (exact) mass is 294 g/mol. The fourth-order valence-corrected chi connectivity index (χ4v) is 2.83. The van der Waals surface area contributed by atoms with Crippen LogP contribution in [0.5, 0.6) is 0 Å².